The van der Waals surface area contributed by atoms with Gasteiger partial charge >= 0.3 is 0 Å². The van der Waals surface area contributed by atoms with E-state index in [9.17, 15) is 4.79 Å². The number of nitrogens with one attached hydrogen (secondary N) is 1. The van der Waals surface area contributed by atoms with Crippen LogP contribution in [0.4, 0.5) is 0 Å². The lowest BCUT2D eigenvalue weighted by molar-refractivity contribution is -0.130. The maximum atomic E-state index is 12.3. The molecule has 2 aliphatic rings. The van der Waals surface area contributed by atoms with Crippen LogP contribution in [0.25, 0.3) is 0 Å². The summed E-state index contributed by atoms with van der Waals surface area (Å²) < 4.78 is 0. The van der Waals surface area contributed by atoms with Gasteiger partial charge in [0.15, 0.2) is 0 Å². The van der Waals surface area contributed by atoms with Crippen molar-refractivity contribution in [3.8, 4) is 0 Å². The van der Waals surface area contributed by atoms with Gasteiger partial charge in [-0.25, -0.2) is 0 Å². The molecule has 2 fully saturated rings. The number of likely N-dealkylation sites (N-methyl/N-ethyl adjacent to an activating group) is 1. The topological polar surface area (TPSA) is 35.6 Å². The van der Waals surface area contributed by atoms with Crippen molar-refractivity contribution in [1.29, 1.82) is 0 Å². The molecule has 0 aromatic carbocycles. The highest BCUT2D eigenvalue weighted by Gasteiger charge is 2.33. The Hall–Kier alpha value is -0.610. The predicted molar refractivity (Wildman–Crippen MR) is 78.1 cm³/mol. The maximum absolute atomic E-state index is 12.3. The molecule has 19 heavy (non-hydrogen) atoms. The molecule has 4 nitrogen and oxygen atoms in total. The summed E-state index contributed by atoms with van der Waals surface area (Å²) in [5.41, 5.74) is 0. The smallest absolute Gasteiger partial charge is 0.222 e. The minimum Gasteiger partial charge on any atom is -0.341 e. The largest absolute Gasteiger partial charge is 0.341 e. The van der Waals surface area contributed by atoms with Gasteiger partial charge in [-0.2, -0.15) is 0 Å². The number of amides is 1. The van der Waals surface area contributed by atoms with Gasteiger partial charge in [-0.15, -0.1) is 0 Å². The summed E-state index contributed by atoms with van der Waals surface area (Å²) in [6.07, 6.45) is 5.57. The van der Waals surface area contributed by atoms with E-state index in [2.05, 4.69) is 36.1 Å². The SMILES string of the molecule is CC1CN(C(=O)CCC2CCCCN2)CC1N(C)C. The number of piperidine rings is 1. The third-order valence-electron chi connectivity index (χ3n) is 4.71. The van der Waals surface area contributed by atoms with Crippen LogP contribution in [0.5, 0.6) is 0 Å². The van der Waals surface area contributed by atoms with Crippen LogP contribution in [0.15, 0.2) is 0 Å². The van der Waals surface area contributed by atoms with Gasteiger partial charge < -0.3 is 15.1 Å². The fourth-order valence-corrected chi connectivity index (χ4v) is 3.45. The monoisotopic (exact) mass is 267 g/mol. The van der Waals surface area contributed by atoms with Gasteiger partial charge in [-0.1, -0.05) is 13.3 Å². The molecule has 0 spiro atoms. The zero-order chi connectivity index (χ0) is 13.8. The molecule has 1 N–H and O–H groups in total. The number of rotatable bonds is 4. The van der Waals surface area contributed by atoms with Gasteiger partial charge in [-0.05, 0) is 45.8 Å². The molecular formula is C15H29N3O. The van der Waals surface area contributed by atoms with E-state index >= 15 is 0 Å². The zero-order valence-electron chi connectivity index (χ0n) is 12.7. The Morgan fingerprint density at radius 2 is 2.11 bits per heavy atom. The molecular weight excluding hydrogens is 238 g/mol. The molecule has 2 aliphatic heterocycles. The quantitative estimate of drug-likeness (QED) is 0.834. The minimum atomic E-state index is 0.351. The molecule has 0 aromatic rings. The minimum absolute atomic E-state index is 0.351. The van der Waals surface area contributed by atoms with Crippen molar-refractivity contribution in [3.05, 3.63) is 0 Å². The Kier molecular flexibility index (Phi) is 5.22. The highest BCUT2D eigenvalue weighted by molar-refractivity contribution is 5.76. The van der Waals surface area contributed by atoms with E-state index in [-0.39, 0.29) is 0 Å². The lowest BCUT2D eigenvalue weighted by Crippen LogP contribution is -2.37. The van der Waals surface area contributed by atoms with Crippen LogP contribution in [-0.2, 0) is 4.79 Å². The molecule has 2 heterocycles. The molecule has 0 bridgehead atoms. The molecule has 0 radical (unpaired) electrons. The van der Waals surface area contributed by atoms with E-state index in [1.807, 2.05) is 0 Å². The first kappa shape index (κ1) is 14.8. The van der Waals surface area contributed by atoms with Gasteiger partial charge in [0.2, 0.25) is 5.91 Å². The van der Waals surface area contributed by atoms with Crippen molar-refractivity contribution < 1.29 is 4.79 Å². The fourth-order valence-electron chi connectivity index (χ4n) is 3.45. The van der Waals surface area contributed by atoms with Crippen molar-refractivity contribution >= 4 is 5.91 Å². The van der Waals surface area contributed by atoms with Gasteiger partial charge in [0.1, 0.15) is 0 Å². The lowest BCUT2D eigenvalue weighted by atomic mass is 10.0. The number of hydrogen-bond acceptors (Lipinski definition) is 3. The first-order chi connectivity index (χ1) is 9.08. The van der Waals surface area contributed by atoms with Crippen LogP contribution in [0.1, 0.15) is 39.0 Å². The maximum Gasteiger partial charge on any atom is 0.222 e. The second kappa shape index (κ2) is 6.71. The molecule has 0 aliphatic carbocycles. The number of nitrogens with zero attached hydrogens (tertiary/aromatic N) is 2. The summed E-state index contributed by atoms with van der Waals surface area (Å²) in [5, 5.41) is 3.52. The summed E-state index contributed by atoms with van der Waals surface area (Å²) in [5.74, 6) is 0.940. The number of likely N-dealkylation sites (tertiary alicyclic amines) is 1. The molecule has 0 aromatic heterocycles. The Balaban J connectivity index is 1.74. The predicted octanol–water partition coefficient (Wildman–Crippen LogP) is 1.32. The van der Waals surface area contributed by atoms with Gasteiger partial charge in [0, 0.05) is 31.6 Å². The van der Waals surface area contributed by atoms with E-state index in [4.69, 9.17) is 0 Å². The van der Waals surface area contributed by atoms with Crippen LogP contribution < -0.4 is 5.32 Å². The first-order valence-electron chi connectivity index (χ1n) is 7.75. The standard InChI is InChI=1S/C15H29N3O/c1-12-10-18(11-14(12)17(2)3)15(19)8-7-13-6-4-5-9-16-13/h12-14,16H,4-11H2,1-3H3. The van der Waals surface area contributed by atoms with E-state index in [1.165, 1.54) is 19.3 Å². The van der Waals surface area contributed by atoms with Crippen molar-refractivity contribution in [1.82, 2.24) is 15.1 Å². The van der Waals surface area contributed by atoms with Gasteiger partial charge in [-0.3, -0.25) is 4.79 Å². The summed E-state index contributed by atoms with van der Waals surface area (Å²) in [4.78, 5) is 16.6. The summed E-state index contributed by atoms with van der Waals surface area (Å²) in [6, 6.07) is 1.10. The normalized spacial score (nSPS) is 32.0. The van der Waals surface area contributed by atoms with Crippen molar-refractivity contribution in [3.63, 3.8) is 0 Å². The molecule has 2 saturated heterocycles. The summed E-state index contributed by atoms with van der Waals surface area (Å²) >= 11 is 0. The van der Waals surface area contributed by atoms with E-state index in [1.54, 1.807) is 0 Å². The van der Waals surface area contributed by atoms with Crippen LogP contribution in [-0.4, -0.2) is 61.5 Å². The number of carbonyl (C=O) groups excluding carboxylic acids is 1. The van der Waals surface area contributed by atoms with Crippen molar-refractivity contribution in [2.24, 2.45) is 5.92 Å². The Labute approximate surface area is 117 Å². The highest BCUT2D eigenvalue weighted by atomic mass is 16.2. The average molecular weight is 267 g/mol. The summed E-state index contributed by atoms with van der Waals surface area (Å²) in [6.45, 7) is 5.22. The fraction of sp³-hybridized carbons (Fsp3) is 0.933. The molecule has 0 saturated carbocycles. The zero-order valence-corrected chi connectivity index (χ0v) is 12.7. The van der Waals surface area contributed by atoms with Crippen LogP contribution in [0.2, 0.25) is 0 Å². The number of carbonyl (C=O) groups is 1. The van der Waals surface area contributed by atoms with E-state index in [0.29, 0.717) is 30.3 Å². The van der Waals surface area contributed by atoms with Crippen LogP contribution >= 0.6 is 0 Å². The van der Waals surface area contributed by atoms with Crippen LogP contribution in [0.3, 0.4) is 0 Å². The average Bonchev–Trinajstić information content (AvgIpc) is 2.79. The lowest BCUT2D eigenvalue weighted by Gasteiger charge is -2.25. The van der Waals surface area contributed by atoms with Crippen LogP contribution in [0, 0.1) is 5.92 Å². The Morgan fingerprint density at radius 1 is 1.32 bits per heavy atom. The van der Waals surface area contributed by atoms with Crippen molar-refractivity contribution in [2.45, 2.75) is 51.1 Å². The highest BCUT2D eigenvalue weighted by Crippen LogP contribution is 2.21. The summed E-state index contributed by atoms with van der Waals surface area (Å²) in [7, 11) is 4.22. The third-order valence-corrected chi connectivity index (χ3v) is 4.71. The molecule has 3 unspecified atom stereocenters. The second-order valence-corrected chi connectivity index (χ2v) is 6.49. The van der Waals surface area contributed by atoms with Gasteiger partial charge in [0.25, 0.3) is 0 Å². The first-order valence-corrected chi connectivity index (χ1v) is 7.75. The number of hydrogen-bond donors (Lipinski definition) is 1. The molecule has 1 amide bonds. The van der Waals surface area contributed by atoms with E-state index < -0.39 is 0 Å². The Bertz CT molecular complexity index is 300. The van der Waals surface area contributed by atoms with Gasteiger partial charge in [0.05, 0.1) is 0 Å². The van der Waals surface area contributed by atoms with Crippen molar-refractivity contribution in [2.75, 3.05) is 33.7 Å². The third kappa shape index (κ3) is 3.93. The molecule has 110 valence electrons. The second-order valence-electron chi connectivity index (χ2n) is 6.49. The van der Waals surface area contributed by atoms with E-state index in [0.717, 1.165) is 26.1 Å². The molecule has 3 atom stereocenters. The molecule has 4 heteroatoms. The Morgan fingerprint density at radius 3 is 2.68 bits per heavy atom. The molecule has 2 rings (SSSR count).